The van der Waals surface area contributed by atoms with Crippen LogP contribution in [0.25, 0.3) is 11.0 Å². The van der Waals surface area contributed by atoms with Gasteiger partial charge in [0.05, 0.1) is 0 Å². The van der Waals surface area contributed by atoms with Crippen LogP contribution in [-0.4, -0.2) is 23.7 Å². The van der Waals surface area contributed by atoms with E-state index in [1.54, 1.807) is 39.0 Å². The summed E-state index contributed by atoms with van der Waals surface area (Å²) in [5.74, 6) is -0.412. The minimum absolute atomic E-state index is 0.231. The zero-order valence-corrected chi connectivity index (χ0v) is 19.0. The number of carbonyl (C=O) groups excluding carboxylic acids is 2. The Bertz CT molecular complexity index is 1240. The number of benzene rings is 2. The van der Waals surface area contributed by atoms with Crippen LogP contribution >= 0.6 is 0 Å². The van der Waals surface area contributed by atoms with Crippen molar-refractivity contribution in [1.82, 2.24) is 5.32 Å². The van der Waals surface area contributed by atoms with Gasteiger partial charge >= 0.3 is 17.7 Å². The second-order valence-corrected chi connectivity index (χ2v) is 9.17. The molecule has 0 aliphatic heterocycles. The highest BCUT2D eigenvalue weighted by Gasteiger charge is 2.27. The maximum Gasteiger partial charge on any atom is 0.408 e. The van der Waals surface area contributed by atoms with Gasteiger partial charge in [-0.25, -0.2) is 14.4 Å². The van der Waals surface area contributed by atoms with Crippen molar-refractivity contribution in [2.24, 2.45) is 0 Å². The molecule has 0 saturated heterocycles. The molecule has 1 heterocycles. The third-order valence-corrected chi connectivity index (χ3v) is 5.42. The van der Waals surface area contributed by atoms with Crippen LogP contribution in [0.4, 0.5) is 4.79 Å². The number of carbonyl (C=O) groups is 2. The number of rotatable bonds is 5. The molecule has 7 nitrogen and oxygen atoms in total. The van der Waals surface area contributed by atoms with Crippen molar-refractivity contribution in [2.45, 2.75) is 58.1 Å². The summed E-state index contributed by atoms with van der Waals surface area (Å²) in [6, 6.07) is 13.4. The first-order valence-electron chi connectivity index (χ1n) is 11.0. The molecule has 0 fully saturated rings. The highest BCUT2D eigenvalue weighted by Crippen LogP contribution is 2.29. The van der Waals surface area contributed by atoms with Crippen LogP contribution in [0, 0.1) is 0 Å². The van der Waals surface area contributed by atoms with Gasteiger partial charge in [0.1, 0.15) is 23.0 Å². The van der Waals surface area contributed by atoms with E-state index < -0.39 is 23.7 Å². The van der Waals surface area contributed by atoms with Gasteiger partial charge in [-0.15, -0.1) is 0 Å². The molecule has 1 aromatic heterocycles. The lowest BCUT2D eigenvalue weighted by Crippen LogP contribution is -2.46. The Labute approximate surface area is 191 Å². The van der Waals surface area contributed by atoms with E-state index in [1.807, 2.05) is 30.3 Å². The highest BCUT2D eigenvalue weighted by molar-refractivity contribution is 5.86. The Balaban J connectivity index is 1.56. The topological polar surface area (TPSA) is 94.8 Å². The lowest BCUT2D eigenvalue weighted by molar-refractivity contribution is -0.136. The van der Waals surface area contributed by atoms with Gasteiger partial charge in [-0.1, -0.05) is 30.3 Å². The fraction of sp³-hybridized carbons (Fsp3) is 0.346. The Kier molecular flexibility index (Phi) is 6.22. The zero-order chi connectivity index (χ0) is 23.6. The number of ether oxygens (including phenoxy) is 2. The summed E-state index contributed by atoms with van der Waals surface area (Å²) < 4.78 is 16.4. The predicted octanol–water partition coefficient (Wildman–Crippen LogP) is 4.32. The lowest BCUT2D eigenvalue weighted by Gasteiger charge is -2.23. The van der Waals surface area contributed by atoms with Gasteiger partial charge in [0, 0.05) is 23.4 Å². The molecule has 1 aliphatic rings. The SMILES string of the molecule is CC(C)(C)OC(=O)N[C@@H](Cc1ccccc1)C(=O)Oc1ccc2c3c(c(=O)oc2c1)CCC3. The van der Waals surface area contributed by atoms with E-state index in [4.69, 9.17) is 13.9 Å². The zero-order valence-electron chi connectivity index (χ0n) is 19.0. The summed E-state index contributed by atoms with van der Waals surface area (Å²) in [6.45, 7) is 5.24. The van der Waals surface area contributed by atoms with E-state index in [-0.39, 0.29) is 17.8 Å². The van der Waals surface area contributed by atoms with Crippen molar-refractivity contribution < 1.29 is 23.5 Å². The number of nitrogens with one attached hydrogen (secondary N) is 1. The van der Waals surface area contributed by atoms with Crippen molar-refractivity contribution in [3.63, 3.8) is 0 Å². The molecule has 1 amide bonds. The second kappa shape index (κ2) is 9.10. The maximum absolute atomic E-state index is 13.0. The van der Waals surface area contributed by atoms with Gasteiger partial charge in [-0.3, -0.25) is 0 Å². The number of aryl methyl sites for hydroxylation is 1. The van der Waals surface area contributed by atoms with Crippen molar-refractivity contribution in [1.29, 1.82) is 0 Å². The average molecular weight is 450 g/mol. The van der Waals surface area contributed by atoms with E-state index in [0.717, 1.165) is 41.3 Å². The maximum atomic E-state index is 13.0. The first-order valence-corrected chi connectivity index (χ1v) is 11.0. The second-order valence-electron chi connectivity index (χ2n) is 9.17. The first kappa shape index (κ1) is 22.6. The standard InChI is InChI=1S/C26H27NO6/c1-26(2,3)33-25(30)27-21(14-16-8-5-4-6-9-16)24(29)31-17-12-13-19-18-10-7-11-20(18)23(28)32-22(19)15-17/h4-6,8-9,12-13,15,21H,7,10-11,14H2,1-3H3,(H,27,30)/t21-/m0/s1. The molecule has 172 valence electrons. The molecule has 3 aromatic rings. The Hall–Kier alpha value is -3.61. The van der Waals surface area contributed by atoms with Crippen LogP contribution in [-0.2, 0) is 28.8 Å². The minimum atomic E-state index is -0.968. The number of esters is 1. The molecule has 4 rings (SSSR count). The van der Waals surface area contributed by atoms with E-state index in [1.165, 1.54) is 0 Å². The fourth-order valence-corrected chi connectivity index (χ4v) is 4.01. The molecule has 0 saturated carbocycles. The summed E-state index contributed by atoms with van der Waals surface area (Å²) >= 11 is 0. The quantitative estimate of drug-likeness (QED) is 0.354. The van der Waals surface area contributed by atoms with Gasteiger partial charge in [0.25, 0.3) is 0 Å². The molecule has 1 N–H and O–H groups in total. The molecular weight excluding hydrogens is 422 g/mol. The number of hydrogen-bond donors (Lipinski definition) is 1. The van der Waals surface area contributed by atoms with Gasteiger partial charge in [0.2, 0.25) is 0 Å². The highest BCUT2D eigenvalue weighted by atomic mass is 16.6. The summed E-state index contributed by atoms with van der Waals surface area (Å²) in [5.41, 5.74) is 1.93. The normalized spacial score (nSPS) is 13.9. The predicted molar refractivity (Wildman–Crippen MR) is 123 cm³/mol. The van der Waals surface area contributed by atoms with Crippen LogP contribution in [0.1, 0.15) is 43.9 Å². The number of amides is 1. The van der Waals surface area contributed by atoms with Crippen molar-refractivity contribution in [2.75, 3.05) is 0 Å². The van der Waals surface area contributed by atoms with E-state index in [0.29, 0.717) is 5.58 Å². The minimum Gasteiger partial charge on any atom is -0.444 e. The average Bonchev–Trinajstić information content (AvgIpc) is 3.23. The largest absolute Gasteiger partial charge is 0.444 e. The Morgan fingerprint density at radius 1 is 1.06 bits per heavy atom. The smallest absolute Gasteiger partial charge is 0.408 e. The summed E-state index contributed by atoms with van der Waals surface area (Å²) in [5, 5.41) is 3.47. The molecule has 1 aliphatic carbocycles. The van der Waals surface area contributed by atoms with Crippen LogP contribution in [0.2, 0.25) is 0 Å². The number of hydrogen-bond acceptors (Lipinski definition) is 6. The van der Waals surface area contributed by atoms with Gasteiger partial charge in [0.15, 0.2) is 0 Å². The third kappa shape index (κ3) is 5.42. The molecule has 0 unspecified atom stereocenters. The first-order chi connectivity index (χ1) is 15.7. The van der Waals surface area contributed by atoms with Crippen molar-refractivity contribution in [3.8, 4) is 5.75 Å². The summed E-state index contributed by atoms with van der Waals surface area (Å²) in [6.07, 6.45) is 2.00. The Morgan fingerprint density at radius 2 is 1.79 bits per heavy atom. The fourth-order valence-electron chi connectivity index (χ4n) is 4.01. The van der Waals surface area contributed by atoms with Crippen LogP contribution in [0.15, 0.2) is 57.7 Å². The van der Waals surface area contributed by atoms with Gasteiger partial charge in [-0.05, 0) is 63.3 Å². The lowest BCUT2D eigenvalue weighted by atomic mass is 10.1. The molecule has 0 radical (unpaired) electrons. The number of alkyl carbamates (subject to hydrolysis) is 1. The monoisotopic (exact) mass is 449 g/mol. The molecule has 33 heavy (non-hydrogen) atoms. The summed E-state index contributed by atoms with van der Waals surface area (Å²) in [7, 11) is 0. The number of fused-ring (bicyclic) bond motifs is 3. The van der Waals surface area contributed by atoms with E-state index >= 15 is 0 Å². The molecule has 7 heteroatoms. The molecule has 1 atom stereocenters. The molecule has 0 bridgehead atoms. The van der Waals surface area contributed by atoms with Crippen LogP contribution in [0.5, 0.6) is 5.75 Å². The van der Waals surface area contributed by atoms with Crippen LogP contribution in [0.3, 0.4) is 0 Å². The van der Waals surface area contributed by atoms with E-state index in [9.17, 15) is 14.4 Å². The third-order valence-electron chi connectivity index (χ3n) is 5.42. The van der Waals surface area contributed by atoms with Gasteiger partial charge in [-0.2, -0.15) is 0 Å². The molecule has 0 spiro atoms. The van der Waals surface area contributed by atoms with Gasteiger partial charge < -0.3 is 19.2 Å². The Morgan fingerprint density at radius 3 is 2.52 bits per heavy atom. The van der Waals surface area contributed by atoms with Crippen molar-refractivity contribution in [3.05, 3.63) is 75.6 Å². The molecule has 2 aromatic carbocycles. The summed E-state index contributed by atoms with van der Waals surface area (Å²) in [4.78, 5) is 37.6. The van der Waals surface area contributed by atoms with Crippen LogP contribution < -0.4 is 15.7 Å². The van der Waals surface area contributed by atoms with E-state index in [2.05, 4.69) is 5.32 Å². The molecular formula is C26H27NO6. The van der Waals surface area contributed by atoms with Crippen molar-refractivity contribution >= 4 is 23.0 Å².